The Kier molecular flexibility index (Phi) is 4.72. The van der Waals surface area contributed by atoms with Crippen LogP contribution in [0.3, 0.4) is 0 Å². The third-order valence-electron chi connectivity index (χ3n) is 4.22. The van der Waals surface area contributed by atoms with Crippen molar-refractivity contribution in [2.24, 2.45) is 12.2 Å². The van der Waals surface area contributed by atoms with Crippen LogP contribution in [0.2, 0.25) is 0 Å². The molecule has 4 N–H and O–H groups in total. The minimum absolute atomic E-state index is 0.0257. The van der Waals surface area contributed by atoms with Crippen LogP contribution in [0, 0.1) is 5.82 Å². The van der Waals surface area contributed by atoms with E-state index in [9.17, 15) is 17.6 Å². The Morgan fingerprint density at radius 2 is 1.90 bits per heavy atom. The van der Waals surface area contributed by atoms with E-state index in [0.717, 1.165) is 6.20 Å². The number of sulfonamides is 1. The number of fused-ring (bicyclic) bond motifs is 1. The molecule has 0 saturated carbocycles. The molecule has 12 heteroatoms. The molecule has 0 fully saturated rings. The zero-order valence-electron chi connectivity index (χ0n) is 15.5. The van der Waals surface area contributed by atoms with Gasteiger partial charge < -0.3 is 15.1 Å². The predicted molar refractivity (Wildman–Crippen MR) is 108 cm³/mol. The van der Waals surface area contributed by atoms with Crippen molar-refractivity contribution >= 4 is 44.3 Å². The van der Waals surface area contributed by atoms with Gasteiger partial charge in [-0.2, -0.15) is 4.98 Å². The van der Waals surface area contributed by atoms with Gasteiger partial charge in [-0.05, 0) is 30.3 Å². The molecule has 0 amide bonds. The number of oxazole rings is 1. The van der Waals surface area contributed by atoms with E-state index in [-0.39, 0.29) is 16.7 Å². The minimum Gasteiger partial charge on any atom is -0.408 e. The molecule has 4 aromatic rings. The van der Waals surface area contributed by atoms with Gasteiger partial charge in [0.25, 0.3) is 0 Å². The predicted octanol–water partition coefficient (Wildman–Crippen LogP) is 2.20. The highest BCUT2D eigenvalue weighted by Gasteiger charge is 2.12. The molecule has 0 atom stereocenters. The number of aromatic nitrogens is 3. The Morgan fingerprint density at radius 1 is 1.13 bits per heavy atom. The molecular weight excluding hydrogens is 415 g/mol. The maximum absolute atomic E-state index is 14.2. The van der Waals surface area contributed by atoms with Gasteiger partial charge in [-0.25, -0.2) is 27.7 Å². The quantitative estimate of drug-likeness (QED) is 0.437. The normalized spacial score (nSPS) is 11.6. The van der Waals surface area contributed by atoms with Gasteiger partial charge in [0.15, 0.2) is 17.2 Å². The molecule has 2 aromatic carbocycles. The average Bonchev–Trinajstić information content (AvgIpc) is 2.97. The molecule has 154 valence electrons. The topological polar surface area (TPSA) is 145 Å². The first-order valence-electron chi connectivity index (χ1n) is 8.50. The summed E-state index contributed by atoms with van der Waals surface area (Å²) >= 11 is 0. The third kappa shape index (κ3) is 3.86. The maximum atomic E-state index is 14.2. The first-order valence-corrected chi connectivity index (χ1v) is 10.0. The lowest BCUT2D eigenvalue weighted by Crippen LogP contribution is -2.12. The highest BCUT2D eigenvalue weighted by molar-refractivity contribution is 7.89. The summed E-state index contributed by atoms with van der Waals surface area (Å²) in [4.78, 5) is 19.4. The fraction of sp³-hybridized carbons (Fsp3) is 0.0556. The minimum atomic E-state index is -3.88. The number of aryl methyl sites for hydroxylation is 1. The van der Waals surface area contributed by atoms with E-state index in [4.69, 9.17) is 9.56 Å². The Balaban J connectivity index is 1.62. The number of nitrogens with one attached hydrogen (secondary N) is 2. The molecule has 30 heavy (non-hydrogen) atoms. The van der Waals surface area contributed by atoms with E-state index in [1.807, 2.05) is 0 Å². The maximum Gasteiger partial charge on any atom is 0.419 e. The number of hydrogen-bond donors (Lipinski definition) is 3. The number of nitrogens with two attached hydrogens (primary N) is 1. The molecule has 10 nitrogen and oxygen atoms in total. The summed E-state index contributed by atoms with van der Waals surface area (Å²) in [5.74, 6) is -1.33. The van der Waals surface area contributed by atoms with Crippen LogP contribution < -0.4 is 21.5 Å². The van der Waals surface area contributed by atoms with Crippen LogP contribution in [0.25, 0.3) is 11.1 Å². The number of rotatable bonds is 5. The number of halogens is 1. The largest absolute Gasteiger partial charge is 0.419 e. The highest BCUT2D eigenvalue weighted by Crippen LogP contribution is 2.24. The van der Waals surface area contributed by atoms with Crippen molar-refractivity contribution in [3.8, 4) is 0 Å². The Morgan fingerprint density at radius 3 is 2.67 bits per heavy atom. The van der Waals surface area contributed by atoms with E-state index in [1.54, 1.807) is 31.3 Å². The lowest BCUT2D eigenvalue weighted by atomic mass is 10.3. The van der Waals surface area contributed by atoms with Crippen LogP contribution in [-0.2, 0) is 17.1 Å². The highest BCUT2D eigenvalue weighted by atomic mass is 32.2. The van der Waals surface area contributed by atoms with Crippen LogP contribution >= 0.6 is 0 Å². The monoisotopic (exact) mass is 430 g/mol. The van der Waals surface area contributed by atoms with Gasteiger partial charge in [-0.3, -0.25) is 4.57 Å². The lowest BCUT2D eigenvalue weighted by Gasteiger charge is -2.10. The van der Waals surface area contributed by atoms with Gasteiger partial charge in [0.05, 0.1) is 16.6 Å². The van der Waals surface area contributed by atoms with Gasteiger partial charge in [0.1, 0.15) is 0 Å². The summed E-state index contributed by atoms with van der Waals surface area (Å²) in [5.41, 5.74) is 1.72. The first-order chi connectivity index (χ1) is 14.2. The van der Waals surface area contributed by atoms with Crippen molar-refractivity contribution in [2.45, 2.75) is 4.90 Å². The summed E-state index contributed by atoms with van der Waals surface area (Å²) < 4.78 is 43.6. The molecule has 0 spiro atoms. The Labute approximate surface area is 169 Å². The van der Waals surface area contributed by atoms with E-state index in [0.29, 0.717) is 22.5 Å². The molecule has 0 aliphatic carbocycles. The van der Waals surface area contributed by atoms with Crippen molar-refractivity contribution in [3.05, 3.63) is 65.0 Å². The van der Waals surface area contributed by atoms with E-state index < -0.39 is 21.6 Å². The molecule has 0 radical (unpaired) electrons. The number of primary sulfonamides is 1. The molecule has 2 heterocycles. The molecule has 2 aromatic heterocycles. The fourth-order valence-electron chi connectivity index (χ4n) is 2.74. The summed E-state index contributed by atoms with van der Waals surface area (Å²) in [6.07, 6.45) is 0.961. The van der Waals surface area contributed by atoms with Gasteiger partial charge in [-0.1, -0.05) is 6.07 Å². The first kappa shape index (κ1) is 19.5. The van der Waals surface area contributed by atoms with Crippen molar-refractivity contribution in [1.29, 1.82) is 0 Å². The summed E-state index contributed by atoms with van der Waals surface area (Å²) in [6, 6.07) is 10.6. The summed E-state index contributed by atoms with van der Waals surface area (Å²) in [6.45, 7) is 0. The molecule has 0 aliphatic heterocycles. The van der Waals surface area contributed by atoms with Crippen molar-refractivity contribution < 1.29 is 17.2 Å². The number of anilines is 4. The Bertz CT molecular complexity index is 1430. The van der Waals surface area contributed by atoms with E-state index in [2.05, 4.69) is 20.6 Å². The fourth-order valence-corrected chi connectivity index (χ4v) is 3.30. The second-order valence-corrected chi connectivity index (χ2v) is 7.88. The van der Waals surface area contributed by atoms with Crippen LogP contribution in [0.1, 0.15) is 0 Å². The van der Waals surface area contributed by atoms with Crippen molar-refractivity contribution in [2.75, 3.05) is 10.6 Å². The standard InChI is InChI=1S/C18H15FN6O4S/c1-25-14-6-5-11(8-15(14)29-18(25)26)22-16-13(19)9-21-17(24-16)23-10-3-2-4-12(7-10)30(20,27)28/h2-9H,1H3,(H2,20,27,28)(H2,21,22,23,24). The Hall–Kier alpha value is -3.77. The van der Waals surface area contributed by atoms with Gasteiger partial charge in [-0.15, -0.1) is 0 Å². The average molecular weight is 430 g/mol. The van der Waals surface area contributed by atoms with E-state index in [1.165, 1.54) is 22.8 Å². The summed E-state index contributed by atoms with van der Waals surface area (Å²) in [7, 11) is -2.30. The van der Waals surface area contributed by atoms with Gasteiger partial charge in [0, 0.05) is 24.5 Å². The van der Waals surface area contributed by atoms with Crippen LogP contribution in [-0.4, -0.2) is 23.0 Å². The second-order valence-electron chi connectivity index (χ2n) is 6.32. The molecule has 0 saturated heterocycles. The van der Waals surface area contributed by atoms with Crippen molar-refractivity contribution in [1.82, 2.24) is 14.5 Å². The second kappa shape index (κ2) is 7.24. The lowest BCUT2D eigenvalue weighted by molar-refractivity contribution is 0.528. The van der Waals surface area contributed by atoms with Crippen molar-refractivity contribution in [3.63, 3.8) is 0 Å². The molecular formula is C18H15FN6O4S. The SMILES string of the molecule is Cn1c(=O)oc2cc(Nc3nc(Nc4cccc(S(N)(=O)=O)c4)ncc3F)ccc21. The zero-order chi connectivity index (χ0) is 21.5. The zero-order valence-corrected chi connectivity index (χ0v) is 16.3. The van der Waals surface area contributed by atoms with E-state index >= 15 is 0 Å². The number of nitrogens with zero attached hydrogens (tertiary/aromatic N) is 3. The molecule has 0 bridgehead atoms. The van der Waals surface area contributed by atoms with Crippen LogP contribution in [0.5, 0.6) is 0 Å². The third-order valence-corrected chi connectivity index (χ3v) is 5.13. The van der Waals surface area contributed by atoms with Gasteiger partial charge >= 0.3 is 5.76 Å². The molecule has 4 rings (SSSR count). The smallest absolute Gasteiger partial charge is 0.408 e. The number of hydrogen-bond acceptors (Lipinski definition) is 8. The molecule has 0 aliphatic rings. The van der Waals surface area contributed by atoms with Crippen LogP contribution in [0.15, 0.2) is 62.8 Å². The summed E-state index contributed by atoms with van der Waals surface area (Å²) in [5, 5.41) is 10.7. The van der Waals surface area contributed by atoms with Gasteiger partial charge in [0.2, 0.25) is 16.0 Å². The molecule has 0 unspecified atom stereocenters. The van der Waals surface area contributed by atoms with Crippen LogP contribution in [0.4, 0.5) is 27.5 Å². The number of benzene rings is 2.